The van der Waals surface area contributed by atoms with E-state index in [1.165, 1.54) is 12.1 Å². The topological polar surface area (TPSA) is 62.6 Å². The fraction of sp³-hybridized carbons (Fsp3) is 0.500. The number of piperazine rings is 1. The highest BCUT2D eigenvalue weighted by molar-refractivity contribution is 7.91. The normalized spacial score (nSPS) is 23.6. The molecule has 140 valence electrons. The molecule has 0 bridgehead atoms. The Hall–Kier alpha value is -1.93. The summed E-state index contributed by atoms with van der Waals surface area (Å²) in [7, 11) is -2.89. The lowest BCUT2D eigenvalue weighted by Crippen LogP contribution is -2.52. The van der Waals surface area contributed by atoms with Crippen LogP contribution in [0.2, 0.25) is 0 Å². The zero-order valence-corrected chi connectivity index (χ0v) is 15.3. The van der Waals surface area contributed by atoms with Gasteiger partial charge in [0.25, 0.3) is 0 Å². The summed E-state index contributed by atoms with van der Waals surface area (Å²) < 4.78 is 38.5. The third-order valence-corrected chi connectivity index (χ3v) is 7.18. The van der Waals surface area contributed by atoms with Gasteiger partial charge in [0.05, 0.1) is 17.0 Å². The number of benzene rings is 1. The van der Waals surface area contributed by atoms with E-state index in [-0.39, 0.29) is 35.8 Å². The third kappa shape index (κ3) is 3.48. The van der Waals surface area contributed by atoms with E-state index >= 15 is 0 Å². The molecule has 0 unspecified atom stereocenters. The molecule has 0 radical (unpaired) electrons. The number of amides is 1. The van der Waals surface area contributed by atoms with Gasteiger partial charge in [0.1, 0.15) is 12.4 Å². The number of hydrogen-bond donors (Lipinski definition) is 0. The molecule has 2 aromatic rings. The predicted molar refractivity (Wildman–Crippen MR) is 97.1 cm³/mol. The third-order valence-electron chi connectivity index (χ3n) is 5.43. The van der Waals surface area contributed by atoms with Crippen LogP contribution in [0.25, 0.3) is 10.9 Å². The lowest BCUT2D eigenvalue weighted by atomic mass is 10.2. The second kappa shape index (κ2) is 6.66. The van der Waals surface area contributed by atoms with Gasteiger partial charge in [-0.15, -0.1) is 0 Å². The molecule has 2 fully saturated rings. The molecule has 0 saturated carbocycles. The van der Waals surface area contributed by atoms with Crippen LogP contribution in [0.4, 0.5) is 4.39 Å². The van der Waals surface area contributed by atoms with E-state index in [1.54, 1.807) is 10.6 Å². The van der Waals surface area contributed by atoms with Crippen LogP contribution in [0, 0.1) is 5.82 Å². The second-order valence-electron chi connectivity index (χ2n) is 7.12. The van der Waals surface area contributed by atoms with Crippen molar-refractivity contribution in [1.29, 1.82) is 0 Å². The van der Waals surface area contributed by atoms with E-state index in [0.29, 0.717) is 38.1 Å². The SMILES string of the molecule is O=C(Cn1ccc2ccc(F)cc21)N1CCN([C@H]2CCS(=O)(=O)C2)CC1. The highest BCUT2D eigenvalue weighted by atomic mass is 32.2. The molecule has 8 heteroatoms. The molecule has 3 heterocycles. The molecule has 1 amide bonds. The molecular formula is C18H22FN3O3S. The zero-order valence-electron chi connectivity index (χ0n) is 14.5. The van der Waals surface area contributed by atoms with Crippen molar-refractivity contribution in [2.45, 2.75) is 19.0 Å². The molecule has 1 aromatic heterocycles. The number of hydrogen-bond acceptors (Lipinski definition) is 4. The monoisotopic (exact) mass is 379 g/mol. The van der Waals surface area contributed by atoms with Gasteiger partial charge in [-0.25, -0.2) is 12.8 Å². The van der Waals surface area contributed by atoms with Gasteiger partial charge in [0, 0.05) is 38.4 Å². The van der Waals surface area contributed by atoms with Crippen LogP contribution in [0.1, 0.15) is 6.42 Å². The van der Waals surface area contributed by atoms with Crippen LogP contribution in [0.15, 0.2) is 30.5 Å². The van der Waals surface area contributed by atoms with Gasteiger partial charge in [0.15, 0.2) is 9.84 Å². The molecule has 1 aromatic carbocycles. The maximum atomic E-state index is 13.5. The van der Waals surface area contributed by atoms with Gasteiger partial charge in [0.2, 0.25) is 5.91 Å². The van der Waals surface area contributed by atoms with Gasteiger partial charge in [-0.3, -0.25) is 9.69 Å². The molecule has 2 aliphatic rings. The van der Waals surface area contributed by atoms with Gasteiger partial charge >= 0.3 is 0 Å². The summed E-state index contributed by atoms with van der Waals surface area (Å²) in [6.45, 7) is 2.79. The maximum Gasteiger partial charge on any atom is 0.242 e. The Balaban J connectivity index is 1.37. The highest BCUT2D eigenvalue weighted by Crippen LogP contribution is 2.20. The molecule has 4 rings (SSSR count). The first-order chi connectivity index (χ1) is 12.4. The van der Waals surface area contributed by atoms with Gasteiger partial charge in [-0.2, -0.15) is 0 Å². The molecule has 26 heavy (non-hydrogen) atoms. The Bertz CT molecular complexity index is 932. The van der Waals surface area contributed by atoms with Crippen molar-refractivity contribution in [2.24, 2.45) is 0 Å². The van der Waals surface area contributed by atoms with Gasteiger partial charge < -0.3 is 9.47 Å². The van der Waals surface area contributed by atoms with Crippen molar-refractivity contribution >= 4 is 26.6 Å². The summed E-state index contributed by atoms with van der Waals surface area (Å²) >= 11 is 0. The van der Waals surface area contributed by atoms with Crippen LogP contribution >= 0.6 is 0 Å². The lowest BCUT2D eigenvalue weighted by Gasteiger charge is -2.37. The molecule has 0 spiro atoms. The first-order valence-electron chi connectivity index (χ1n) is 8.88. The van der Waals surface area contributed by atoms with E-state index in [0.717, 1.165) is 5.39 Å². The quantitative estimate of drug-likeness (QED) is 0.802. The van der Waals surface area contributed by atoms with Crippen molar-refractivity contribution in [3.63, 3.8) is 0 Å². The van der Waals surface area contributed by atoms with E-state index in [9.17, 15) is 17.6 Å². The standard InChI is InChI=1S/C18H22FN3O3S/c19-15-2-1-14-3-5-22(17(14)11-15)12-18(23)21-8-6-20(7-9-21)16-4-10-26(24,25)13-16/h1-3,5,11,16H,4,6-10,12-13H2/t16-/m0/s1. The second-order valence-corrected chi connectivity index (χ2v) is 9.35. The molecule has 0 aliphatic carbocycles. The van der Waals surface area contributed by atoms with Crippen LogP contribution in [0.5, 0.6) is 0 Å². The Kier molecular flexibility index (Phi) is 4.48. The van der Waals surface area contributed by atoms with E-state index in [2.05, 4.69) is 4.90 Å². The van der Waals surface area contributed by atoms with Crippen molar-refractivity contribution in [3.05, 3.63) is 36.3 Å². The minimum absolute atomic E-state index is 0.00505. The largest absolute Gasteiger partial charge is 0.339 e. The maximum absolute atomic E-state index is 13.5. The Morgan fingerprint density at radius 3 is 2.62 bits per heavy atom. The average molecular weight is 379 g/mol. The fourth-order valence-corrected chi connectivity index (χ4v) is 5.70. The van der Waals surface area contributed by atoms with Crippen molar-refractivity contribution in [3.8, 4) is 0 Å². The van der Waals surface area contributed by atoms with Crippen LogP contribution in [-0.4, -0.2) is 72.4 Å². The summed E-state index contributed by atoms with van der Waals surface area (Å²) in [5.74, 6) is 0.200. The van der Waals surface area contributed by atoms with E-state index in [4.69, 9.17) is 0 Å². The number of carbonyl (C=O) groups excluding carboxylic acids is 1. The predicted octanol–water partition coefficient (Wildman–Crippen LogP) is 1.11. The summed E-state index contributed by atoms with van der Waals surface area (Å²) in [4.78, 5) is 16.6. The van der Waals surface area contributed by atoms with Gasteiger partial charge in [-0.1, -0.05) is 0 Å². The summed E-state index contributed by atoms with van der Waals surface area (Å²) in [5, 5.41) is 0.909. The lowest BCUT2D eigenvalue weighted by molar-refractivity contribution is -0.133. The number of rotatable bonds is 3. The molecule has 6 nitrogen and oxygen atoms in total. The molecule has 0 N–H and O–H groups in total. The Labute approximate surface area is 152 Å². The van der Waals surface area contributed by atoms with Crippen molar-refractivity contribution in [2.75, 3.05) is 37.7 Å². The van der Waals surface area contributed by atoms with Crippen LogP contribution < -0.4 is 0 Å². The van der Waals surface area contributed by atoms with E-state index < -0.39 is 9.84 Å². The number of fused-ring (bicyclic) bond motifs is 1. The van der Waals surface area contributed by atoms with Crippen molar-refractivity contribution < 1.29 is 17.6 Å². The van der Waals surface area contributed by atoms with E-state index in [1.807, 2.05) is 17.2 Å². The van der Waals surface area contributed by atoms with Crippen molar-refractivity contribution in [1.82, 2.24) is 14.4 Å². The molecular weight excluding hydrogens is 357 g/mol. The number of aromatic nitrogens is 1. The number of sulfone groups is 1. The first kappa shape index (κ1) is 17.5. The average Bonchev–Trinajstić information content (AvgIpc) is 3.18. The molecule has 2 aliphatic heterocycles. The van der Waals surface area contributed by atoms with Crippen LogP contribution in [0.3, 0.4) is 0 Å². The number of halogens is 1. The van der Waals surface area contributed by atoms with Gasteiger partial charge in [-0.05, 0) is 36.1 Å². The Morgan fingerprint density at radius 1 is 1.15 bits per heavy atom. The summed E-state index contributed by atoms with van der Waals surface area (Å²) in [6, 6.07) is 6.53. The Morgan fingerprint density at radius 2 is 1.92 bits per heavy atom. The minimum atomic E-state index is -2.89. The minimum Gasteiger partial charge on any atom is -0.339 e. The highest BCUT2D eigenvalue weighted by Gasteiger charge is 2.34. The summed E-state index contributed by atoms with van der Waals surface area (Å²) in [6.07, 6.45) is 2.50. The number of carbonyl (C=O) groups is 1. The fourth-order valence-electron chi connectivity index (χ4n) is 3.94. The summed E-state index contributed by atoms with van der Waals surface area (Å²) in [5.41, 5.74) is 0.716. The zero-order chi connectivity index (χ0) is 18.3. The first-order valence-corrected chi connectivity index (χ1v) is 10.7. The number of nitrogens with zero attached hydrogens (tertiary/aromatic N) is 3. The molecule has 2 saturated heterocycles. The van der Waals surface area contributed by atoms with Crippen LogP contribution in [-0.2, 0) is 21.2 Å². The molecule has 1 atom stereocenters. The smallest absolute Gasteiger partial charge is 0.242 e.